The topological polar surface area (TPSA) is 125 Å². The third-order valence-electron chi connectivity index (χ3n) is 6.53. The summed E-state index contributed by atoms with van der Waals surface area (Å²) in [6.07, 6.45) is 3.05. The van der Waals surface area contributed by atoms with E-state index in [1.165, 1.54) is 24.3 Å². The van der Waals surface area contributed by atoms with Gasteiger partial charge in [0, 0.05) is 34.5 Å². The zero-order valence-corrected chi connectivity index (χ0v) is 19.1. The molecule has 0 bridgehead atoms. The van der Waals surface area contributed by atoms with Gasteiger partial charge < -0.3 is 30.1 Å². The van der Waals surface area contributed by atoms with Gasteiger partial charge in [-0.3, -0.25) is 0 Å². The van der Waals surface area contributed by atoms with Gasteiger partial charge in [0.1, 0.15) is 29.0 Å². The Kier molecular flexibility index (Phi) is 5.51. The summed E-state index contributed by atoms with van der Waals surface area (Å²) in [6, 6.07) is 13.4. The first-order valence-corrected chi connectivity index (χ1v) is 11.6. The molecule has 8 nitrogen and oxygen atoms in total. The Morgan fingerprint density at radius 1 is 0.971 bits per heavy atom. The molecule has 0 saturated carbocycles. The van der Waals surface area contributed by atoms with Gasteiger partial charge >= 0.3 is 11.9 Å². The molecule has 1 unspecified atom stereocenters. The molecule has 5 rings (SSSR count). The molecular formula is C27H25NO7. The molecule has 2 aliphatic rings. The second kappa shape index (κ2) is 8.54. The molecule has 3 aromatic rings. The highest BCUT2D eigenvalue weighted by Gasteiger charge is 2.54. The van der Waals surface area contributed by atoms with Gasteiger partial charge in [-0.15, -0.1) is 0 Å². The minimum absolute atomic E-state index is 0.0288. The van der Waals surface area contributed by atoms with E-state index in [4.69, 9.17) is 9.47 Å². The molecule has 180 valence electrons. The van der Waals surface area contributed by atoms with E-state index in [1.54, 1.807) is 30.3 Å². The molecule has 0 radical (unpaired) electrons. The fourth-order valence-corrected chi connectivity index (χ4v) is 4.91. The summed E-state index contributed by atoms with van der Waals surface area (Å²) in [4.78, 5) is 25.3. The smallest absolute Gasteiger partial charge is 0.342 e. The van der Waals surface area contributed by atoms with Crippen molar-refractivity contribution in [2.75, 3.05) is 5.32 Å². The molecule has 2 aliphatic heterocycles. The number of phenols is 2. The van der Waals surface area contributed by atoms with Gasteiger partial charge in [-0.2, -0.15) is 0 Å². The van der Waals surface area contributed by atoms with Crippen LogP contribution in [0.25, 0.3) is 0 Å². The van der Waals surface area contributed by atoms with Gasteiger partial charge in [-0.05, 0) is 36.8 Å². The van der Waals surface area contributed by atoms with Crippen LogP contribution in [0.15, 0.2) is 54.6 Å². The zero-order valence-electron chi connectivity index (χ0n) is 19.1. The summed E-state index contributed by atoms with van der Waals surface area (Å²) < 4.78 is 12.1. The second-order valence-electron chi connectivity index (χ2n) is 8.79. The predicted molar refractivity (Wildman–Crippen MR) is 127 cm³/mol. The van der Waals surface area contributed by atoms with Crippen molar-refractivity contribution in [1.29, 1.82) is 0 Å². The first kappa shape index (κ1) is 22.6. The number of carboxylic acids is 1. The number of benzene rings is 3. The summed E-state index contributed by atoms with van der Waals surface area (Å²) in [6.45, 7) is 2.05. The van der Waals surface area contributed by atoms with Crippen molar-refractivity contribution >= 4 is 17.6 Å². The molecular weight excluding hydrogens is 450 g/mol. The molecule has 0 fully saturated rings. The molecule has 2 heterocycles. The van der Waals surface area contributed by atoms with Crippen LogP contribution in [-0.2, 0) is 15.1 Å². The summed E-state index contributed by atoms with van der Waals surface area (Å²) in [7, 11) is 0. The average molecular weight is 475 g/mol. The van der Waals surface area contributed by atoms with E-state index in [2.05, 4.69) is 5.32 Å². The number of nitrogens with one attached hydrogen (secondary N) is 1. The average Bonchev–Trinajstić information content (AvgIpc) is 3.11. The van der Waals surface area contributed by atoms with Crippen molar-refractivity contribution in [3.63, 3.8) is 0 Å². The Balaban J connectivity index is 1.67. The van der Waals surface area contributed by atoms with Gasteiger partial charge in [0.15, 0.2) is 5.60 Å². The Hall–Kier alpha value is -4.20. The van der Waals surface area contributed by atoms with Gasteiger partial charge in [0.2, 0.25) is 0 Å². The third kappa shape index (κ3) is 3.62. The van der Waals surface area contributed by atoms with Crippen molar-refractivity contribution in [3.05, 3.63) is 76.9 Å². The van der Waals surface area contributed by atoms with E-state index >= 15 is 0 Å². The number of carbonyl (C=O) groups is 2. The number of fused-ring (bicyclic) bond motifs is 6. The van der Waals surface area contributed by atoms with Crippen LogP contribution in [-0.4, -0.2) is 33.3 Å². The van der Waals surface area contributed by atoms with Gasteiger partial charge in [0.25, 0.3) is 0 Å². The lowest BCUT2D eigenvalue weighted by molar-refractivity contribution is -0.138. The van der Waals surface area contributed by atoms with Gasteiger partial charge in [-0.1, -0.05) is 38.3 Å². The fourth-order valence-electron chi connectivity index (χ4n) is 4.91. The first-order valence-electron chi connectivity index (χ1n) is 11.6. The minimum Gasteiger partial charge on any atom is -0.508 e. The van der Waals surface area contributed by atoms with Crippen LogP contribution in [0, 0.1) is 0 Å². The van der Waals surface area contributed by atoms with Gasteiger partial charge in [0.05, 0.1) is 5.56 Å². The summed E-state index contributed by atoms with van der Waals surface area (Å²) in [5.41, 5.74) is 0.767. The summed E-state index contributed by atoms with van der Waals surface area (Å²) in [5.74, 6) is -1.10. The fraction of sp³-hybridized carbons (Fsp3) is 0.259. The largest absolute Gasteiger partial charge is 0.508 e. The summed E-state index contributed by atoms with van der Waals surface area (Å²) >= 11 is 0. The molecule has 0 aliphatic carbocycles. The molecule has 1 spiro atoms. The Bertz CT molecular complexity index is 1280. The monoisotopic (exact) mass is 475 g/mol. The van der Waals surface area contributed by atoms with Crippen LogP contribution < -0.4 is 10.1 Å². The van der Waals surface area contributed by atoms with Crippen molar-refractivity contribution in [2.45, 2.75) is 44.2 Å². The quantitative estimate of drug-likeness (QED) is 0.274. The van der Waals surface area contributed by atoms with Crippen LogP contribution in [0.4, 0.5) is 5.69 Å². The number of hydrogen-bond donors (Lipinski definition) is 4. The minimum atomic E-state index is -1.39. The van der Waals surface area contributed by atoms with E-state index < -0.39 is 23.6 Å². The number of unbranched alkanes of at least 4 members (excludes halogenated alkanes) is 2. The number of carbonyl (C=O) groups excluding carboxylic acids is 1. The predicted octanol–water partition coefficient (Wildman–Crippen LogP) is 5.11. The molecule has 4 N–H and O–H groups in total. The lowest BCUT2D eigenvalue weighted by Gasteiger charge is -2.36. The van der Waals surface area contributed by atoms with E-state index in [1.807, 2.05) is 6.92 Å². The second-order valence-corrected chi connectivity index (χ2v) is 8.79. The van der Waals surface area contributed by atoms with E-state index in [-0.39, 0.29) is 28.6 Å². The van der Waals surface area contributed by atoms with Crippen LogP contribution in [0.3, 0.4) is 0 Å². The van der Waals surface area contributed by atoms with Crippen molar-refractivity contribution in [2.24, 2.45) is 0 Å². The third-order valence-corrected chi connectivity index (χ3v) is 6.53. The van der Waals surface area contributed by atoms with Gasteiger partial charge in [-0.25, -0.2) is 9.59 Å². The zero-order chi connectivity index (χ0) is 24.7. The number of phenolic OH excluding ortho intramolecular Hbond substituents is 2. The maximum Gasteiger partial charge on any atom is 0.342 e. The Morgan fingerprint density at radius 3 is 2.23 bits per heavy atom. The first-order chi connectivity index (χ1) is 16.8. The Labute approximate surface area is 201 Å². The molecule has 8 heteroatoms. The number of anilines is 1. The highest BCUT2D eigenvalue weighted by molar-refractivity contribution is 6.02. The van der Waals surface area contributed by atoms with Crippen molar-refractivity contribution < 1.29 is 34.4 Å². The lowest BCUT2D eigenvalue weighted by atomic mass is 9.77. The number of rotatable bonds is 7. The normalized spacial score (nSPS) is 15.4. The van der Waals surface area contributed by atoms with Crippen LogP contribution in [0.1, 0.15) is 59.7 Å². The number of aliphatic carboxylic acids is 1. The number of carboxylic acid groups (broad SMARTS) is 1. The maximum atomic E-state index is 13.4. The highest BCUT2D eigenvalue weighted by Crippen LogP contribution is 2.57. The number of ether oxygens (including phenoxy) is 2. The van der Waals surface area contributed by atoms with Crippen LogP contribution in [0.5, 0.6) is 23.0 Å². The Morgan fingerprint density at radius 2 is 1.63 bits per heavy atom. The lowest BCUT2D eigenvalue weighted by Crippen LogP contribution is -2.33. The molecule has 0 amide bonds. The molecule has 3 aromatic carbocycles. The number of aromatic hydroxyl groups is 2. The molecule has 35 heavy (non-hydrogen) atoms. The maximum absolute atomic E-state index is 13.4. The highest BCUT2D eigenvalue weighted by atomic mass is 16.6. The van der Waals surface area contributed by atoms with Crippen molar-refractivity contribution in [3.8, 4) is 23.0 Å². The standard InChI is InChI=1S/C27H25NO7/c1-2-3-4-7-21(25(31)32)28-20-8-5-6-19-24(20)26(33)35-27(19)17-11-9-15(29)13-22(17)34-23-14-16(30)10-12-18(23)27/h5-6,8-14,21,28-30H,2-4,7H2,1H3,(H,31,32). The summed E-state index contributed by atoms with van der Waals surface area (Å²) in [5, 5.41) is 32.9. The SMILES string of the molecule is CCCCCC(Nc1cccc2c1C(=O)OC21c2ccc(O)cc2Oc2cc(O)ccc21)C(=O)O. The number of hydrogen-bond acceptors (Lipinski definition) is 7. The van der Waals surface area contributed by atoms with Crippen LogP contribution >= 0.6 is 0 Å². The molecule has 1 atom stereocenters. The molecule has 0 aromatic heterocycles. The van der Waals surface area contributed by atoms with E-state index in [0.29, 0.717) is 28.8 Å². The van der Waals surface area contributed by atoms with E-state index in [9.17, 15) is 24.9 Å². The number of esters is 1. The molecule has 0 saturated heterocycles. The van der Waals surface area contributed by atoms with Crippen LogP contribution in [0.2, 0.25) is 0 Å². The van der Waals surface area contributed by atoms with Crippen molar-refractivity contribution in [1.82, 2.24) is 0 Å². The van der Waals surface area contributed by atoms with E-state index in [0.717, 1.165) is 19.3 Å².